The first-order valence-corrected chi connectivity index (χ1v) is 15.1. The molecule has 0 heterocycles. The molecule has 0 fully saturated rings. The minimum Gasteiger partial charge on any atom is -0.493 e. The second-order valence-electron chi connectivity index (χ2n) is 9.35. The predicted molar refractivity (Wildman–Crippen MR) is 175 cm³/mol. The molecule has 0 saturated heterocycles. The van der Waals surface area contributed by atoms with Crippen LogP contribution in [0.4, 0.5) is 11.4 Å². The summed E-state index contributed by atoms with van der Waals surface area (Å²) < 4.78 is 5.72. The number of ether oxygens (including phenoxy) is 1. The van der Waals surface area contributed by atoms with Crippen LogP contribution >= 0.6 is 23.4 Å². The summed E-state index contributed by atoms with van der Waals surface area (Å²) in [5.41, 5.74) is 2.24. The number of amides is 3. The van der Waals surface area contributed by atoms with Crippen molar-refractivity contribution in [3.05, 3.63) is 125 Å². The molecule has 0 aromatic heterocycles. The number of hydrogen-bond donors (Lipinski definition) is 3. The fraction of sp³-hybridized carbons (Fsp3) is 0.147. The van der Waals surface area contributed by atoms with Crippen molar-refractivity contribution in [1.29, 1.82) is 0 Å². The normalized spacial score (nSPS) is 11.7. The fourth-order valence-electron chi connectivity index (χ4n) is 4.11. The number of hydrogen-bond acceptors (Lipinski definition) is 5. The molecular weight excluding hydrogens is 582 g/mol. The van der Waals surface area contributed by atoms with E-state index in [9.17, 15) is 14.4 Å². The molecule has 9 heteroatoms. The number of carbonyl (C=O) groups is 3. The van der Waals surface area contributed by atoms with Crippen LogP contribution in [0.5, 0.6) is 5.75 Å². The topological polar surface area (TPSA) is 96.5 Å². The van der Waals surface area contributed by atoms with E-state index in [4.69, 9.17) is 16.3 Å². The SMILES string of the molecule is CCOc1ccccc1/C=C(/NC(=O)c1ccccc1)C(=O)Nc1cccc(SC(CC)C(=O)Nc2cccc(Cl)c2)c1. The largest absolute Gasteiger partial charge is 0.493 e. The van der Waals surface area contributed by atoms with E-state index >= 15 is 0 Å². The van der Waals surface area contributed by atoms with E-state index < -0.39 is 11.8 Å². The molecule has 0 spiro atoms. The summed E-state index contributed by atoms with van der Waals surface area (Å²) >= 11 is 7.44. The van der Waals surface area contributed by atoms with Gasteiger partial charge in [0.05, 0.1) is 11.9 Å². The van der Waals surface area contributed by atoms with Gasteiger partial charge in [-0.3, -0.25) is 14.4 Å². The highest BCUT2D eigenvalue weighted by molar-refractivity contribution is 8.00. The average Bonchev–Trinajstić information content (AvgIpc) is 3.01. The predicted octanol–water partition coefficient (Wildman–Crippen LogP) is 7.66. The van der Waals surface area contributed by atoms with E-state index in [1.165, 1.54) is 11.8 Å². The molecule has 3 N–H and O–H groups in total. The molecule has 0 bridgehead atoms. The molecule has 0 saturated carbocycles. The minimum atomic E-state index is -0.511. The zero-order chi connectivity index (χ0) is 30.6. The van der Waals surface area contributed by atoms with E-state index in [1.807, 2.05) is 44.2 Å². The molecule has 220 valence electrons. The van der Waals surface area contributed by atoms with E-state index in [0.717, 1.165) is 4.90 Å². The van der Waals surface area contributed by atoms with Crippen LogP contribution in [-0.4, -0.2) is 29.6 Å². The lowest BCUT2D eigenvalue weighted by Gasteiger charge is -2.16. The number of benzene rings is 4. The van der Waals surface area contributed by atoms with Gasteiger partial charge in [0.15, 0.2) is 0 Å². The number of halogens is 1. The molecule has 4 aromatic carbocycles. The number of rotatable bonds is 12. The first kappa shape index (κ1) is 31.4. The Kier molecular flexibility index (Phi) is 11.4. The molecule has 4 aromatic rings. The quantitative estimate of drug-likeness (QED) is 0.113. The minimum absolute atomic E-state index is 0.0476. The van der Waals surface area contributed by atoms with E-state index in [1.54, 1.807) is 78.9 Å². The van der Waals surface area contributed by atoms with Crippen molar-refractivity contribution in [2.45, 2.75) is 30.4 Å². The van der Waals surface area contributed by atoms with Crippen molar-refractivity contribution >= 4 is 58.5 Å². The van der Waals surface area contributed by atoms with Gasteiger partial charge in [-0.1, -0.05) is 67.1 Å². The molecule has 0 aliphatic carbocycles. The van der Waals surface area contributed by atoms with E-state index in [0.29, 0.717) is 46.3 Å². The van der Waals surface area contributed by atoms with Crippen LogP contribution in [0.3, 0.4) is 0 Å². The van der Waals surface area contributed by atoms with Crippen molar-refractivity contribution in [1.82, 2.24) is 5.32 Å². The van der Waals surface area contributed by atoms with Crippen LogP contribution in [0.15, 0.2) is 114 Å². The van der Waals surface area contributed by atoms with Crippen LogP contribution in [0.25, 0.3) is 6.08 Å². The van der Waals surface area contributed by atoms with Crippen molar-refractivity contribution in [2.75, 3.05) is 17.2 Å². The molecule has 1 atom stereocenters. The zero-order valence-electron chi connectivity index (χ0n) is 23.8. The number of thioether (sulfide) groups is 1. The van der Waals surface area contributed by atoms with Gasteiger partial charge in [0.2, 0.25) is 5.91 Å². The lowest BCUT2D eigenvalue weighted by atomic mass is 10.1. The third-order valence-electron chi connectivity index (χ3n) is 6.17. The monoisotopic (exact) mass is 613 g/mol. The number of anilines is 2. The molecule has 4 rings (SSSR count). The Hall–Kier alpha value is -4.53. The van der Waals surface area contributed by atoms with E-state index in [2.05, 4.69) is 16.0 Å². The van der Waals surface area contributed by atoms with Crippen LogP contribution in [0, 0.1) is 0 Å². The molecule has 1 unspecified atom stereocenters. The summed E-state index contributed by atoms with van der Waals surface area (Å²) in [6.45, 7) is 4.26. The van der Waals surface area contributed by atoms with Gasteiger partial charge in [-0.15, -0.1) is 11.8 Å². The second-order valence-corrected chi connectivity index (χ2v) is 11.1. The van der Waals surface area contributed by atoms with Crippen LogP contribution < -0.4 is 20.7 Å². The Morgan fingerprint density at radius 3 is 2.26 bits per heavy atom. The third kappa shape index (κ3) is 9.23. The van der Waals surface area contributed by atoms with Crippen molar-refractivity contribution in [2.24, 2.45) is 0 Å². The molecular formula is C34H32ClN3O4S. The first-order valence-electron chi connectivity index (χ1n) is 13.8. The summed E-state index contributed by atoms with van der Waals surface area (Å²) in [6, 6.07) is 30.2. The Morgan fingerprint density at radius 2 is 1.53 bits per heavy atom. The summed E-state index contributed by atoms with van der Waals surface area (Å²) in [6.07, 6.45) is 2.18. The van der Waals surface area contributed by atoms with Crippen LogP contribution in [-0.2, 0) is 9.59 Å². The standard InChI is InChI=1S/C34H32ClN3O4S/c1-3-31(34(41)37-26-16-10-15-25(35)21-26)43-28-18-11-17-27(22-28)36-33(40)29(38-32(39)23-12-6-5-7-13-23)20-24-14-8-9-19-30(24)42-4-2/h5-22,31H,3-4H2,1-2H3,(H,36,40)(H,37,41)(H,38,39)/b29-20+. The van der Waals surface area contributed by atoms with Gasteiger partial charge < -0.3 is 20.7 Å². The number of nitrogens with one attached hydrogen (secondary N) is 3. The maximum atomic E-state index is 13.6. The van der Waals surface area contributed by atoms with Gasteiger partial charge in [-0.25, -0.2) is 0 Å². The highest BCUT2D eigenvalue weighted by atomic mass is 35.5. The maximum absolute atomic E-state index is 13.6. The molecule has 0 aliphatic heterocycles. The Balaban J connectivity index is 1.53. The summed E-state index contributed by atoms with van der Waals surface area (Å²) in [4.78, 5) is 40.4. The van der Waals surface area contributed by atoms with Crippen LogP contribution in [0.1, 0.15) is 36.2 Å². The Morgan fingerprint density at radius 1 is 0.837 bits per heavy atom. The highest BCUT2D eigenvalue weighted by Crippen LogP contribution is 2.29. The molecule has 0 radical (unpaired) electrons. The fourth-order valence-corrected chi connectivity index (χ4v) is 5.31. The van der Waals surface area contributed by atoms with Crippen molar-refractivity contribution < 1.29 is 19.1 Å². The summed E-state index contributed by atoms with van der Waals surface area (Å²) in [7, 11) is 0. The van der Waals surface area contributed by atoms with Gasteiger partial charge in [0.25, 0.3) is 11.8 Å². The van der Waals surface area contributed by atoms with Gasteiger partial charge in [0.1, 0.15) is 11.4 Å². The lowest BCUT2D eigenvalue weighted by molar-refractivity contribution is -0.116. The highest BCUT2D eigenvalue weighted by Gasteiger charge is 2.20. The molecule has 3 amide bonds. The Labute approximate surface area is 260 Å². The smallest absolute Gasteiger partial charge is 0.272 e. The first-order chi connectivity index (χ1) is 20.9. The zero-order valence-corrected chi connectivity index (χ0v) is 25.4. The summed E-state index contributed by atoms with van der Waals surface area (Å²) in [5.74, 6) is -0.490. The third-order valence-corrected chi connectivity index (χ3v) is 7.77. The number of para-hydroxylation sites is 1. The molecule has 7 nitrogen and oxygen atoms in total. The lowest BCUT2D eigenvalue weighted by Crippen LogP contribution is -2.30. The van der Waals surface area contributed by atoms with Crippen LogP contribution in [0.2, 0.25) is 5.02 Å². The van der Waals surface area contributed by atoms with Gasteiger partial charge in [-0.05, 0) is 74.0 Å². The maximum Gasteiger partial charge on any atom is 0.272 e. The van der Waals surface area contributed by atoms with Gasteiger partial charge in [-0.2, -0.15) is 0 Å². The van der Waals surface area contributed by atoms with E-state index in [-0.39, 0.29) is 16.9 Å². The molecule has 0 aliphatic rings. The Bertz CT molecular complexity index is 1610. The van der Waals surface area contributed by atoms with Crippen molar-refractivity contribution in [3.63, 3.8) is 0 Å². The van der Waals surface area contributed by atoms with Gasteiger partial charge in [0, 0.05) is 32.4 Å². The molecule has 43 heavy (non-hydrogen) atoms. The number of carbonyl (C=O) groups excluding carboxylic acids is 3. The summed E-state index contributed by atoms with van der Waals surface area (Å²) in [5, 5.41) is 8.72. The van der Waals surface area contributed by atoms with Gasteiger partial charge >= 0.3 is 0 Å². The van der Waals surface area contributed by atoms with Crippen molar-refractivity contribution in [3.8, 4) is 5.75 Å². The average molecular weight is 614 g/mol. The second kappa shape index (κ2) is 15.6.